The SMILES string of the molecule is CC(C(=O)O)c1ccc(N=Nc2cccc(C(=O)O)c2O)cc1. The van der Waals surface area contributed by atoms with E-state index in [0.29, 0.717) is 11.3 Å². The highest BCUT2D eigenvalue weighted by molar-refractivity contribution is 5.92. The molecule has 0 aliphatic heterocycles. The summed E-state index contributed by atoms with van der Waals surface area (Å²) < 4.78 is 0. The molecule has 23 heavy (non-hydrogen) atoms. The molecule has 0 bridgehead atoms. The fraction of sp³-hybridized carbons (Fsp3) is 0.125. The van der Waals surface area contributed by atoms with E-state index in [1.165, 1.54) is 18.2 Å². The molecule has 0 amide bonds. The number of aromatic hydroxyl groups is 1. The molecule has 7 nitrogen and oxygen atoms in total. The van der Waals surface area contributed by atoms with Crippen molar-refractivity contribution in [2.45, 2.75) is 12.8 Å². The van der Waals surface area contributed by atoms with Gasteiger partial charge in [-0.05, 0) is 36.8 Å². The van der Waals surface area contributed by atoms with Gasteiger partial charge in [-0.1, -0.05) is 18.2 Å². The number of carboxylic acid groups (broad SMARTS) is 2. The molecule has 7 heteroatoms. The number of phenols is 1. The van der Waals surface area contributed by atoms with E-state index in [1.807, 2.05) is 0 Å². The highest BCUT2D eigenvalue weighted by Gasteiger charge is 2.14. The Morgan fingerprint density at radius 3 is 2.22 bits per heavy atom. The molecular weight excluding hydrogens is 300 g/mol. The molecule has 1 unspecified atom stereocenters. The molecule has 0 aliphatic carbocycles. The van der Waals surface area contributed by atoms with Gasteiger partial charge < -0.3 is 15.3 Å². The highest BCUT2D eigenvalue weighted by atomic mass is 16.4. The molecule has 0 fully saturated rings. The molecule has 2 rings (SSSR count). The summed E-state index contributed by atoms with van der Waals surface area (Å²) in [6, 6.07) is 10.6. The number of carboxylic acids is 2. The number of rotatable bonds is 5. The van der Waals surface area contributed by atoms with E-state index in [1.54, 1.807) is 31.2 Å². The van der Waals surface area contributed by atoms with Crippen molar-refractivity contribution >= 4 is 23.3 Å². The maximum Gasteiger partial charge on any atom is 0.339 e. The van der Waals surface area contributed by atoms with Gasteiger partial charge in [0.15, 0.2) is 5.75 Å². The normalized spacial score (nSPS) is 12.2. The van der Waals surface area contributed by atoms with E-state index in [-0.39, 0.29) is 11.3 Å². The Balaban J connectivity index is 2.23. The number of para-hydroxylation sites is 1. The average Bonchev–Trinajstić information content (AvgIpc) is 2.53. The van der Waals surface area contributed by atoms with Crippen LogP contribution in [0.25, 0.3) is 0 Å². The summed E-state index contributed by atoms with van der Waals surface area (Å²) in [4.78, 5) is 21.8. The fourth-order valence-electron chi connectivity index (χ4n) is 1.87. The van der Waals surface area contributed by atoms with Crippen molar-refractivity contribution in [3.63, 3.8) is 0 Å². The van der Waals surface area contributed by atoms with Crippen LogP contribution in [-0.2, 0) is 4.79 Å². The molecule has 2 aromatic carbocycles. The first kappa shape index (κ1) is 16.2. The highest BCUT2D eigenvalue weighted by Crippen LogP contribution is 2.31. The number of aromatic carboxylic acids is 1. The zero-order chi connectivity index (χ0) is 17.0. The molecule has 0 radical (unpaired) electrons. The third kappa shape index (κ3) is 3.70. The van der Waals surface area contributed by atoms with E-state index in [0.717, 1.165) is 0 Å². The van der Waals surface area contributed by atoms with Gasteiger partial charge >= 0.3 is 11.9 Å². The quantitative estimate of drug-likeness (QED) is 0.727. The van der Waals surface area contributed by atoms with Crippen LogP contribution in [0.3, 0.4) is 0 Å². The van der Waals surface area contributed by atoms with Crippen LogP contribution in [0, 0.1) is 0 Å². The van der Waals surface area contributed by atoms with Crippen molar-refractivity contribution in [1.29, 1.82) is 0 Å². The summed E-state index contributed by atoms with van der Waals surface area (Å²) in [5.74, 6) is -3.27. The summed E-state index contributed by atoms with van der Waals surface area (Å²) in [6.45, 7) is 1.58. The van der Waals surface area contributed by atoms with Gasteiger partial charge in [0.1, 0.15) is 11.3 Å². The maximum absolute atomic E-state index is 10.9. The van der Waals surface area contributed by atoms with Crippen molar-refractivity contribution in [2.75, 3.05) is 0 Å². The first-order valence-electron chi connectivity index (χ1n) is 6.70. The van der Waals surface area contributed by atoms with Crippen LogP contribution >= 0.6 is 0 Å². The first-order chi connectivity index (χ1) is 10.9. The van der Waals surface area contributed by atoms with Gasteiger partial charge in [0.25, 0.3) is 0 Å². The van der Waals surface area contributed by atoms with E-state index in [9.17, 15) is 14.7 Å². The molecule has 118 valence electrons. The zero-order valence-corrected chi connectivity index (χ0v) is 12.2. The molecule has 3 N–H and O–H groups in total. The standard InChI is InChI=1S/C16H14N2O5/c1-9(15(20)21)10-5-7-11(8-6-10)17-18-13-4-2-3-12(14(13)19)16(22)23/h2-9,19H,1H3,(H,20,21)(H,22,23). The number of hydrogen-bond donors (Lipinski definition) is 3. The predicted molar refractivity (Wildman–Crippen MR) is 81.7 cm³/mol. The number of benzene rings is 2. The average molecular weight is 314 g/mol. The van der Waals surface area contributed by atoms with E-state index >= 15 is 0 Å². The monoisotopic (exact) mass is 314 g/mol. The van der Waals surface area contributed by atoms with Crippen molar-refractivity contribution < 1.29 is 24.9 Å². The zero-order valence-electron chi connectivity index (χ0n) is 12.2. The molecular formula is C16H14N2O5. The lowest BCUT2D eigenvalue weighted by molar-refractivity contribution is -0.138. The molecule has 0 spiro atoms. The van der Waals surface area contributed by atoms with Crippen LogP contribution in [0.5, 0.6) is 5.75 Å². The summed E-state index contributed by atoms with van der Waals surface area (Å²) in [7, 11) is 0. The minimum Gasteiger partial charge on any atom is -0.505 e. The van der Waals surface area contributed by atoms with E-state index in [2.05, 4.69) is 10.2 Å². The third-order valence-electron chi connectivity index (χ3n) is 3.28. The van der Waals surface area contributed by atoms with Gasteiger partial charge in [-0.2, -0.15) is 5.11 Å². The smallest absolute Gasteiger partial charge is 0.339 e. The second-order valence-electron chi connectivity index (χ2n) is 4.83. The van der Waals surface area contributed by atoms with Gasteiger partial charge in [-0.25, -0.2) is 4.79 Å². The van der Waals surface area contributed by atoms with Crippen LogP contribution in [0.15, 0.2) is 52.7 Å². The molecule has 0 aromatic heterocycles. The largest absolute Gasteiger partial charge is 0.505 e. The Kier molecular flexibility index (Phi) is 4.70. The number of azo groups is 1. The Hall–Kier alpha value is -3.22. The third-order valence-corrected chi connectivity index (χ3v) is 3.28. The Labute approximate surface area is 131 Å². The van der Waals surface area contributed by atoms with Crippen LogP contribution in [0.4, 0.5) is 11.4 Å². The lowest BCUT2D eigenvalue weighted by Gasteiger charge is -2.06. The van der Waals surface area contributed by atoms with Gasteiger partial charge in [0.05, 0.1) is 11.6 Å². The number of nitrogens with zero attached hydrogens (tertiary/aromatic N) is 2. The lowest BCUT2D eigenvalue weighted by atomic mass is 10.0. The molecule has 2 aromatic rings. The second-order valence-corrected chi connectivity index (χ2v) is 4.83. The lowest BCUT2D eigenvalue weighted by Crippen LogP contribution is -2.06. The predicted octanol–water partition coefficient (Wildman–Crippen LogP) is 3.69. The van der Waals surface area contributed by atoms with Crippen LogP contribution in [-0.4, -0.2) is 27.3 Å². The summed E-state index contributed by atoms with van der Waals surface area (Å²) in [6.07, 6.45) is 0. The Morgan fingerprint density at radius 2 is 1.65 bits per heavy atom. The van der Waals surface area contributed by atoms with Crippen molar-refractivity contribution in [3.05, 3.63) is 53.6 Å². The number of carbonyl (C=O) groups is 2. The van der Waals surface area contributed by atoms with E-state index < -0.39 is 23.6 Å². The molecule has 0 heterocycles. The van der Waals surface area contributed by atoms with Crippen LogP contribution in [0.2, 0.25) is 0 Å². The van der Waals surface area contributed by atoms with E-state index in [4.69, 9.17) is 10.2 Å². The minimum atomic E-state index is -1.26. The summed E-state index contributed by atoms with van der Waals surface area (Å²) in [5, 5.41) is 35.4. The maximum atomic E-state index is 10.9. The molecule has 0 aliphatic rings. The second kappa shape index (κ2) is 6.69. The fourth-order valence-corrected chi connectivity index (χ4v) is 1.87. The minimum absolute atomic E-state index is 0.0351. The molecule has 1 atom stereocenters. The van der Waals surface area contributed by atoms with Crippen LogP contribution < -0.4 is 0 Å². The molecule has 0 saturated heterocycles. The summed E-state index contributed by atoms with van der Waals surface area (Å²) >= 11 is 0. The topological polar surface area (TPSA) is 120 Å². The Morgan fingerprint density at radius 1 is 1.00 bits per heavy atom. The first-order valence-corrected chi connectivity index (χ1v) is 6.70. The van der Waals surface area contributed by atoms with Crippen molar-refractivity contribution in [2.24, 2.45) is 10.2 Å². The summed E-state index contributed by atoms with van der Waals surface area (Å²) in [5.41, 5.74) is 0.860. The van der Waals surface area contributed by atoms with Crippen molar-refractivity contribution in [3.8, 4) is 5.75 Å². The van der Waals surface area contributed by atoms with Gasteiger partial charge in [-0.15, -0.1) is 5.11 Å². The van der Waals surface area contributed by atoms with Gasteiger partial charge in [0, 0.05) is 0 Å². The van der Waals surface area contributed by atoms with Crippen molar-refractivity contribution in [1.82, 2.24) is 0 Å². The molecule has 0 saturated carbocycles. The number of hydrogen-bond acceptors (Lipinski definition) is 5. The van der Waals surface area contributed by atoms with Gasteiger partial charge in [0.2, 0.25) is 0 Å². The van der Waals surface area contributed by atoms with Crippen LogP contribution in [0.1, 0.15) is 28.8 Å². The Bertz CT molecular complexity index is 769. The number of aliphatic carboxylic acids is 1. The van der Waals surface area contributed by atoms with Gasteiger partial charge in [-0.3, -0.25) is 4.79 Å².